The number of fused-ring (bicyclic) bond motifs is 2. The van der Waals surface area contributed by atoms with E-state index in [1.54, 1.807) is 5.31 Å². The predicted molar refractivity (Wildman–Crippen MR) is 127 cm³/mol. The molecular weight excluding hydrogens is 597 g/mol. The van der Waals surface area contributed by atoms with Crippen LogP contribution in [0.4, 0.5) is 0 Å². The minimum Gasteiger partial charge on any atom is -1.00 e. The van der Waals surface area contributed by atoms with Gasteiger partial charge < -0.3 is 24.8 Å². The molecular formula is C27H19BrCl2PZr. The SMILES string of the molecule is CC1=C2C(c3ccc(Br)c4c3C=CC4c3ccccc3)[C-]=C1P2c1ccccc1.[Cl-].[Cl-].[Zr+3]. The van der Waals surface area contributed by atoms with Gasteiger partial charge in [-0.05, 0) is 33.6 Å². The third kappa shape index (κ3) is 3.91. The summed E-state index contributed by atoms with van der Waals surface area (Å²) in [6.45, 7) is 2.28. The summed E-state index contributed by atoms with van der Waals surface area (Å²) in [5.74, 6) is 0.618. The normalized spacial score (nSPS) is 21.6. The van der Waals surface area contributed by atoms with Crippen LogP contribution in [0.2, 0.25) is 0 Å². The van der Waals surface area contributed by atoms with Crippen molar-refractivity contribution in [3.05, 3.63) is 128 Å². The van der Waals surface area contributed by atoms with Crippen molar-refractivity contribution < 1.29 is 51.0 Å². The first kappa shape index (κ1) is 25.9. The van der Waals surface area contributed by atoms with Crippen molar-refractivity contribution in [2.24, 2.45) is 0 Å². The first-order chi connectivity index (χ1) is 14.2. The van der Waals surface area contributed by atoms with Crippen LogP contribution in [0, 0.1) is 6.08 Å². The second kappa shape index (κ2) is 10.3. The van der Waals surface area contributed by atoms with Gasteiger partial charge in [0, 0.05) is 10.4 Å². The van der Waals surface area contributed by atoms with Crippen molar-refractivity contribution in [2.45, 2.75) is 18.8 Å². The Morgan fingerprint density at radius 1 is 0.875 bits per heavy atom. The fraction of sp³-hybridized carbons (Fsp3) is 0.111. The van der Waals surface area contributed by atoms with E-state index in [2.05, 4.69) is 114 Å². The van der Waals surface area contributed by atoms with Crippen LogP contribution in [0.1, 0.15) is 41.0 Å². The van der Waals surface area contributed by atoms with Crippen molar-refractivity contribution >= 4 is 35.2 Å². The number of hydrogen-bond donors (Lipinski definition) is 0. The second-order valence-corrected chi connectivity index (χ2v) is 10.8. The maximum Gasteiger partial charge on any atom is 3.00 e. The quantitative estimate of drug-likeness (QED) is 0.310. The summed E-state index contributed by atoms with van der Waals surface area (Å²) in [6, 6.07) is 26.3. The third-order valence-electron chi connectivity index (χ3n) is 6.28. The molecule has 2 heterocycles. The molecule has 2 aliphatic carbocycles. The summed E-state index contributed by atoms with van der Waals surface area (Å²) in [5, 5.41) is 4.52. The molecule has 3 atom stereocenters. The predicted octanol–water partition coefficient (Wildman–Crippen LogP) is 1.49. The van der Waals surface area contributed by atoms with Crippen molar-refractivity contribution in [3.8, 4) is 0 Å². The van der Waals surface area contributed by atoms with Crippen molar-refractivity contribution in [2.75, 3.05) is 0 Å². The van der Waals surface area contributed by atoms with Crippen molar-refractivity contribution in [3.63, 3.8) is 0 Å². The Labute approximate surface area is 231 Å². The van der Waals surface area contributed by atoms with Crippen LogP contribution in [-0.4, -0.2) is 0 Å². The summed E-state index contributed by atoms with van der Waals surface area (Å²) < 4.78 is 1.20. The number of rotatable bonds is 3. The standard InChI is InChI=1S/C27H19BrP.2ClH.Zr/c1-17-25-16-23(27(17)29(25)19-10-6-3-7-11-19)21-14-15-24(28)26-20(12-13-22(21)26)18-8-4-2-5-9-18;;;/h2-15,20,23H,1H3;2*1H;/q-1;;;+3/p-2. The molecule has 0 spiro atoms. The molecule has 0 aromatic heterocycles. The Bertz CT molecular complexity index is 1240. The van der Waals surface area contributed by atoms with E-state index < -0.39 is 0 Å². The van der Waals surface area contributed by atoms with Crippen LogP contribution in [0.3, 0.4) is 0 Å². The topological polar surface area (TPSA) is 0 Å². The van der Waals surface area contributed by atoms with Gasteiger partial charge in [-0.2, -0.15) is 10.9 Å². The second-order valence-electron chi connectivity index (χ2n) is 7.82. The minimum absolute atomic E-state index is 0. The van der Waals surface area contributed by atoms with Gasteiger partial charge in [0.15, 0.2) is 0 Å². The molecule has 0 nitrogen and oxygen atoms in total. The molecule has 0 saturated heterocycles. The van der Waals surface area contributed by atoms with E-state index in [1.807, 2.05) is 0 Å². The monoisotopic (exact) mass is 613 g/mol. The summed E-state index contributed by atoms with van der Waals surface area (Å²) >= 11 is 3.84. The fourth-order valence-electron chi connectivity index (χ4n) is 4.93. The average Bonchev–Trinajstić information content (AvgIpc) is 3.47. The van der Waals surface area contributed by atoms with E-state index in [9.17, 15) is 0 Å². The van der Waals surface area contributed by atoms with Crippen LogP contribution in [0.15, 0.2) is 99.5 Å². The third-order valence-corrected chi connectivity index (χ3v) is 9.77. The average molecular weight is 616 g/mol. The van der Waals surface area contributed by atoms with Gasteiger partial charge in [-0.1, -0.05) is 109 Å². The largest absolute Gasteiger partial charge is 3.00 e. The van der Waals surface area contributed by atoms with Crippen LogP contribution in [0.5, 0.6) is 0 Å². The summed E-state index contributed by atoms with van der Waals surface area (Å²) in [6.07, 6.45) is 8.55. The van der Waals surface area contributed by atoms with Gasteiger partial charge in [0.2, 0.25) is 0 Å². The number of halogens is 3. The molecule has 0 saturated carbocycles. The smallest absolute Gasteiger partial charge is 1.00 e. The molecule has 157 valence electrons. The zero-order valence-electron chi connectivity index (χ0n) is 17.3. The molecule has 0 N–H and O–H groups in total. The van der Waals surface area contributed by atoms with E-state index in [4.69, 9.17) is 0 Å². The zero-order valence-corrected chi connectivity index (χ0v) is 23.8. The summed E-state index contributed by atoms with van der Waals surface area (Å²) in [4.78, 5) is 0. The maximum atomic E-state index is 3.87. The van der Waals surface area contributed by atoms with Crippen LogP contribution in [-0.2, 0) is 26.2 Å². The zero-order chi connectivity index (χ0) is 19.5. The molecule has 0 amide bonds. The van der Waals surface area contributed by atoms with E-state index in [0.717, 1.165) is 0 Å². The molecule has 1 radical (unpaired) electrons. The Morgan fingerprint density at radius 3 is 2.22 bits per heavy atom. The molecule has 4 aliphatic rings. The molecule has 0 fully saturated rings. The van der Waals surface area contributed by atoms with Gasteiger partial charge in [0.1, 0.15) is 0 Å². The molecule has 2 bridgehead atoms. The van der Waals surface area contributed by atoms with Gasteiger partial charge in [0.25, 0.3) is 0 Å². The maximum absolute atomic E-state index is 3.87. The van der Waals surface area contributed by atoms with Crippen molar-refractivity contribution in [1.82, 2.24) is 0 Å². The van der Waals surface area contributed by atoms with Gasteiger partial charge in [0.05, 0.1) is 0 Å². The molecule has 32 heavy (non-hydrogen) atoms. The molecule has 3 aromatic rings. The van der Waals surface area contributed by atoms with Crippen molar-refractivity contribution in [1.29, 1.82) is 0 Å². The van der Waals surface area contributed by atoms with Gasteiger partial charge in [-0.25, -0.2) is 0 Å². The molecule has 7 rings (SSSR count). The Balaban J connectivity index is 0.000000963. The summed E-state index contributed by atoms with van der Waals surface area (Å²) in [7, 11) is -0.326. The van der Waals surface area contributed by atoms with E-state index in [1.165, 1.54) is 42.9 Å². The molecule has 3 aromatic carbocycles. The van der Waals surface area contributed by atoms with Crippen LogP contribution >= 0.6 is 23.9 Å². The molecule has 5 heteroatoms. The van der Waals surface area contributed by atoms with Gasteiger partial charge in [-0.3, -0.25) is 6.08 Å². The molecule has 2 aliphatic heterocycles. The first-order valence-corrected chi connectivity index (χ1v) is 12.1. The number of hydrogen-bond acceptors (Lipinski definition) is 0. The number of benzene rings is 3. The van der Waals surface area contributed by atoms with Gasteiger partial charge in [-0.15, -0.1) is 12.2 Å². The first-order valence-electron chi connectivity index (χ1n) is 9.99. The van der Waals surface area contributed by atoms with E-state index in [0.29, 0.717) is 11.8 Å². The minimum atomic E-state index is -0.326. The summed E-state index contributed by atoms with van der Waals surface area (Å²) in [5.41, 5.74) is 7.00. The van der Waals surface area contributed by atoms with Crippen LogP contribution in [0.25, 0.3) is 6.08 Å². The van der Waals surface area contributed by atoms with Crippen LogP contribution < -0.4 is 30.1 Å². The van der Waals surface area contributed by atoms with Gasteiger partial charge >= 0.3 is 26.2 Å². The Hall–Kier alpha value is -0.747. The Kier molecular flexibility index (Phi) is 8.29. The number of allylic oxidation sites excluding steroid dienone is 5. The van der Waals surface area contributed by atoms with E-state index >= 15 is 0 Å². The Morgan fingerprint density at radius 2 is 1.53 bits per heavy atom. The fourth-order valence-corrected chi connectivity index (χ4v) is 8.22. The molecule has 3 unspecified atom stereocenters. The van der Waals surface area contributed by atoms with E-state index in [-0.39, 0.29) is 58.9 Å².